The van der Waals surface area contributed by atoms with Gasteiger partial charge >= 0.3 is 5.97 Å². The second kappa shape index (κ2) is 8.01. The number of ether oxygens (including phenoxy) is 3. The van der Waals surface area contributed by atoms with Crippen molar-refractivity contribution in [1.29, 1.82) is 0 Å². The number of nitrogens with zero attached hydrogens (tertiary/aromatic N) is 3. The number of rotatable bonds is 6. The van der Waals surface area contributed by atoms with Gasteiger partial charge in [0, 0.05) is 24.9 Å². The highest BCUT2D eigenvalue weighted by Gasteiger charge is 2.45. The quantitative estimate of drug-likeness (QED) is 0.462. The molecule has 27 heavy (non-hydrogen) atoms. The number of carbonyl (C=O) groups is 1. The van der Waals surface area contributed by atoms with E-state index < -0.39 is 30.5 Å². The summed E-state index contributed by atoms with van der Waals surface area (Å²) in [4.78, 5) is 19.9. The van der Waals surface area contributed by atoms with Crippen molar-refractivity contribution in [3.05, 3.63) is 24.2 Å². The van der Waals surface area contributed by atoms with Crippen LogP contribution in [0.1, 0.15) is 18.7 Å². The van der Waals surface area contributed by atoms with Crippen LogP contribution < -0.4 is 5.73 Å². The molecular weight excluding hydrogens is 356 g/mol. The van der Waals surface area contributed by atoms with E-state index >= 15 is 0 Å². The zero-order valence-electron chi connectivity index (χ0n) is 15.0. The molecule has 10 heteroatoms. The Labute approximate surface area is 155 Å². The summed E-state index contributed by atoms with van der Waals surface area (Å²) in [5.41, 5.74) is 7.03. The van der Waals surface area contributed by atoms with Gasteiger partial charge in [0.15, 0.2) is 6.23 Å². The minimum atomic E-state index is -1.01. The Morgan fingerprint density at radius 1 is 1.48 bits per heavy atom. The maximum absolute atomic E-state index is 11.6. The number of methoxy groups -OCH3 is 1. The number of aromatic nitrogens is 3. The molecule has 2 aromatic rings. The maximum Gasteiger partial charge on any atom is 0.330 e. The molecule has 1 saturated heterocycles. The molecule has 0 amide bonds. The first kappa shape index (κ1) is 19.2. The lowest BCUT2D eigenvalue weighted by molar-refractivity contribution is -0.137. The monoisotopic (exact) mass is 378 g/mol. The van der Waals surface area contributed by atoms with Gasteiger partial charge in [-0.2, -0.15) is 0 Å². The van der Waals surface area contributed by atoms with Gasteiger partial charge in [0.25, 0.3) is 0 Å². The smallest absolute Gasteiger partial charge is 0.330 e. The van der Waals surface area contributed by atoms with Crippen LogP contribution in [0.2, 0.25) is 0 Å². The van der Waals surface area contributed by atoms with E-state index in [-0.39, 0.29) is 19.0 Å². The topological polar surface area (TPSA) is 142 Å². The number of fused-ring (bicyclic) bond motifs is 1. The molecule has 2 aromatic heterocycles. The molecular formula is C17H22N4O6. The van der Waals surface area contributed by atoms with E-state index in [2.05, 4.69) is 9.97 Å². The van der Waals surface area contributed by atoms with E-state index in [9.17, 15) is 15.0 Å². The van der Waals surface area contributed by atoms with Crippen LogP contribution in [-0.4, -0.2) is 69.4 Å². The van der Waals surface area contributed by atoms with Crippen molar-refractivity contribution < 1.29 is 29.2 Å². The molecule has 0 radical (unpaired) electrons. The Bertz CT molecular complexity index is 851. The Morgan fingerprint density at radius 2 is 2.26 bits per heavy atom. The Hall–Kier alpha value is -2.53. The second-order valence-corrected chi connectivity index (χ2v) is 5.97. The van der Waals surface area contributed by atoms with Crippen LogP contribution in [0.4, 0.5) is 5.82 Å². The first-order valence-electron chi connectivity index (χ1n) is 8.44. The van der Waals surface area contributed by atoms with Gasteiger partial charge in [-0.25, -0.2) is 14.8 Å². The zero-order valence-corrected chi connectivity index (χ0v) is 15.0. The van der Waals surface area contributed by atoms with Gasteiger partial charge in [0.2, 0.25) is 0 Å². The molecule has 1 aliphatic rings. The third kappa shape index (κ3) is 3.52. The van der Waals surface area contributed by atoms with Gasteiger partial charge in [-0.15, -0.1) is 0 Å². The SMILES string of the molecule is CCOC(=O)C=Cc1cn([C@@H]2O[C@H](CO)[C@@H](O)[C@H]2OC)c2ncnc(N)c12. The summed E-state index contributed by atoms with van der Waals surface area (Å²) in [6.07, 6.45) is 2.53. The molecule has 0 spiro atoms. The highest BCUT2D eigenvalue weighted by molar-refractivity contribution is 5.97. The molecule has 0 saturated carbocycles. The number of aliphatic hydroxyl groups excluding tert-OH is 2. The molecule has 146 valence electrons. The van der Waals surface area contributed by atoms with E-state index in [0.29, 0.717) is 16.6 Å². The Kier molecular flexibility index (Phi) is 5.71. The number of hydrogen-bond donors (Lipinski definition) is 3. The molecule has 1 fully saturated rings. The van der Waals surface area contributed by atoms with E-state index in [1.54, 1.807) is 23.8 Å². The van der Waals surface area contributed by atoms with Gasteiger partial charge in [-0.1, -0.05) is 0 Å². The number of nitrogens with two attached hydrogens (primary N) is 1. The van der Waals surface area contributed by atoms with Crippen LogP contribution in [0.3, 0.4) is 0 Å². The number of carbonyl (C=O) groups excluding carboxylic acids is 1. The lowest BCUT2D eigenvalue weighted by Gasteiger charge is -2.20. The minimum Gasteiger partial charge on any atom is -0.463 e. The lowest BCUT2D eigenvalue weighted by atomic mass is 10.1. The van der Waals surface area contributed by atoms with Gasteiger partial charge in [-0.3, -0.25) is 0 Å². The van der Waals surface area contributed by atoms with Crippen molar-refractivity contribution in [3.8, 4) is 0 Å². The first-order valence-corrected chi connectivity index (χ1v) is 8.44. The highest BCUT2D eigenvalue weighted by Crippen LogP contribution is 2.36. The maximum atomic E-state index is 11.6. The fourth-order valence-corrected chi connectivity index (χ4v) is 3.15. The van der Waals surface area contributed by atoms with Crippen LogP contribution >= 0.6 is 0 Å². The van der Waals surface area contributed by atoms with Crippen LogP contribution in [0, 0.1) is 0 Å². The highest BCUT2D eigenvalue weighted by atomic mass is 16.6. The molecule has 4 atom stereocenters. The van der Waals surface area contributed by atoms with Gasteiger partial charge in [-0.05, 0) is 13.0 Å². The summed E-state index contributed by atoms with van der Waals surface area (Å²) in [6, 6.07) is 0. The third-order valence-electron chi connectivity index (χ3n) is 4.39. The molecule has 4 N–H and O–H groups in total. The molecule has 3 rings (SSSR count). The summed E-state index contributed by atoms with van der Waals surface area (Å²) in [5, 5.41) is 20.2. The van der Waals surface area contributed by atoms with E-state index in [1.807, 2.05) is 0 Å². The van der Waals surface area contributed by atoms with Crippen molar-refractivity contribution in [3.63, 3.8) is 0 Å². The van der Waals surface area contributed by atoms with Crippen LogP contribution in [0.15, 0.2) is 18.6 Å². The summed E-state index contributed by atoms with van der Waals surface area (Å²) < 4.78 is 17.7. The summed E-state index contributed by atoms with van der Waals surface area (Å²) >= 11 is 0. The predicted octanol–water partition coefficient (Wildman–Crippen LogP) is -0.145. The molecule has 0 aliphatic carbocycles. The van der Waals surface area contributed by atoms with Crippen molar-refractivity contribution in [2.24, 2.45) is 0 Å². The fraction of sp³-hybridized carbons (Fsp3) is 0.471. The molecule has 1 aliphatic heterocycles. The van der Waals surface area contributed by atoms with E-state index in [4.69, 9.17) is 19.9 Å². The Morgan fingerprint density at radius 3 is 2.93 bits per heavy atom. The largest absolute Gasteiger partial charge is 0.463 e. The number of aliphatic hydroxyl groups is 2. The van der Waals surface area contributed by atoms with Crippen molar-refractivity contribution in [2.45, 2.75) is 31.5 Å². The Balaban J connectivity index is 2.07. The minimum absolute atomic E-state index is 0.230. The summed E-state index contributed by atoms with van der Waals surface area (Å²) in [6.45, 7) is 1.63. The third-order valence-corrected chi connectivity index (χ3v) is 4.39. The number of nitrogen functional groups attached to an aromatic ring is 1. The van der Waals surface area contributed by atoms with Gasteiger partial charge < -0.3 is 34.7 Å². The van der Waals surface area contributed by atoms with Crippen molar-refractivity contribution >= 4 is 28.9 Å². The second-order valence-electron chi connectivity index (χ2n) is 5.97. The fourth-order valence-electron chi connectivity index (χ4n) is 3.15. The average Bonchev–Trinajstić information content (AvgIpc) is 3.18. The van der Waals surface area contributed by atoms with Crippen LogP contribution in [0.25, 0.3) is 17.1 Å². The predicted molar refractivity (Wildman–Crippen MR) is 95.4 cm³/mol. The average molecular weight is 378 g/mol. The molecule has 0 aromatic carbocycles. The number of anilines is 1. The molecule has 0 unspecified atom stereocenters. The summed E-state index contributed by atoms with van der Waals surface area (Å²) in [5.74, 6) is -0.259. The molecule has 10 nitrogen and oxygen atoms in total. The van der Waals surface area contributed by atoms with Gasteiger partial charge in [0.1, 0.15) is 36.1 Å². The van der Waals surface area contributed by atoms with E-state index in [0.717, 1.165) is 0 Å². The summed E-state index contributed by atoms with van der Waals surface area (Å²) in [7, 11) is 1.45. The van der Waals surface area contributed by atoms with Crippen LogP contribution in [0.5, 0.6) is 0 Å². The van der Waals surface area contributed by atoms with Crippen molar-refractivity contribution in [2.75, 3.05) is 26.1 Å². The van der Waals surface area contributed by atoms with Crippen LogP contribution in [-0.2, 0) is 19.0 Å². The first-order chi connectivity index (χ1) is 13.0. The van der Waals surface area contributed by atoms with E-state index in [1.165, 1.54) is 19.5 Å². The normalized spacial score (nSPS) is 25.5. The zero-order chi connectivity index (χ0) is 19.6. The molecule has 3 heterocycles. The van der Waals surface area contributed by atoms with Gasteiger partial charge in [0.05, 0.1) is 18.6 Å². The van der Waals surface area contributed by atoms with Crippen molar-refractivity contribution in [1.82, 2.24) is 14.5 Å². The number of hydrogen-bond acceptors (Lipinski definition) is 9. The standard InChI is InChI=1S/C17H22N4O6/c1-3-26-11(23)5-4-9-6-21(16-12(9)15(18)19-8-20-16)17-14(25-2)13(24)10(7-22)27-17/h4-6,8,10,13-14,17,22,24H,3,7H2,1-2H3,(H2,18,19,20)/t10-,13-,14-,17-/m1/s1. The molecule has 0 bridgehead atoms. The lowest BCUT2D eigenvalue weighted by Crippen LogP contribution is -2.34. The number of esters is 1.